The predicted octanol–water partition coefficient (Wildman–Crippen LogP) is 5.42. The van der Waals surface area contributed by atoms with E-state index in [9.17, 15) is 9.59 Å². The molecule has 3 aromatic carbocycles. The summed E-state index contributed by atoms with van der Waals surface area (Å²) in [6.45, 7) is 3.88. The number of benzene rings is 3. The van der Waals surface area contributed by atoms with Crippen molar-refractivity contribution < 1.29 is 23.8 Å². The zero-order valence-corrected chi connectivity index (χ0v) is 20.6. The molecular formula is C30H29NO5. The van der Waals surface area contributed by atoms with Crippen molar-refractivity contribution >= 4 is 11.9 Å². The molecule has 0 bridgehead atoms. The molecule has 1 aliphatic rings. The fourth-order valence-electron chi connectivity index (χ4n) is 4.27. The number of esters is 2. The SMILES string of the molecule is COc1ccc(C2C(C(=O)OCc3ccccc3)=C(C)NC(C)=C2C(=O)OCc2ccccc2)cc1. The summed E-state index contributed by atoms with van der Waals surface area (Å²) in [4.78, 5) is 26.8. The summed E-state index contributed by atoms with van der Waals surface area (Å²) in [7, 11) is 1.59. The fourth-order valence-corrected chi connectivity index (χ4v) is 4.27. The van der Waals surface area contributed by atoms with Gasteiger partial charge in [0.2, 0.25) is 0 Å². The average Bonchev–Trinajstić information content (AvgIpc) is 2.91. The van der Waals surface area contributed by atoms with Crippen LogP contribution < -0.4 is 10.1 Å². The first-order chi connectivity index (χ1) is 17.5. The Kier molecular flexibility index (Phi) is 7.85. The molecule has 3 aromatic rings. The number of carbonyl (C=O) groups excluding carboxylic acids is 2. The normalized spacial score (nSPS) is 13.8. The second-order valence-electron chi connectivity index (χ2n) is 8.53. The van der Waals surface area contributed by atoms with Crippen LogP contribution in [0.25, 0.3) is 0 Å². The number of hydrogen-bond acceptors (Lipinski definition) is 6. The largest absolute Gasteiger partial charge is 0.497 e. The molecule has 1 N–H and O–H groups in total. The Labute approximate surface area is 211 Å². The minimum Gasteiger partial charge on any atom is -0.497 e. The summed E-state index contributed by atoms with van der Waals surface area (Å²) in [5, 5.41) is 3.19. The number of ether oxygens (including phenoxy) is 3. The molecule has 0 saturated carbocycles. The first-order valence-corrected chi connectivity index (χ1v) is 11.7. The third kappa shape index (κ3) is 5.66. The van der Waals surface area contributed by atoms with E-state index in [1.807, 2.05) is 98.8 Å². The van der Waals surface area contributed by atoms with E-state index in [4.69, 9.17) is 14.2 Å². The summed E-state index contributed by atoms with van der Waals surface area (Å²) in [6.07, 6.45) is 0. The standard InChI is InChI=1S/C30H29NO5/c1-20-26(29(32)35-18-22-10-6-4-7-11-22)28(24-14-16-25(34-3)17-15-24)27(21(2)31-20)30(33)36-19-23-12-8-5-9-13-23/h4-17,28,31H,18-19H2,1-3H3. The van der Waals surface area contributed by atoms with E-state index in [2.05, 4.69) is 5.32 Å². The van der Waals surface area contributed by atoms with Gasteiger partial charge in [0, 0.05) is 11.4 Å². The van der Waals surface area contributed by atoms with Crippen molar-refractivity contribution in [3.63, 3.8) is 0 Å². The van der Waals surface area contributed by atoms with Crippen LogP contribution in [0.1, 0.15) is 36.5 Å². The van der Waals surface area contributed by atoms with Gasteiger partial charge < -0.3 is 19.5 Å². The van der Waals surface area contributed by atoms with Gasteiger partial charge in [0.05, 0.1) is 24.2 Å². The highest BCUT2D eigenvalue weighted by Gasteiger charge is 2.38. The maximum Gasteiger partial charge on any atom is 0.337 e. The zero-order chi connectivity index (χ0) is 25.5. The number of rotatable bonds is 8. The smallest absolute Gasteiger partial charge is 0.337 e. The van der Waals surface area contributed by atoms with Gasteiger partial charge in [0.1, 0.15) is 19.0 Å². The van der Waals surface area contributed by atoms with Crippen LogP contribution in [0.5, 0.6) is 5.75 Å². The van der Waals surface area contributed by atoms with Crippen LogP contribution in [-0.2, 0) is 32.3 Å². The topological polar surface area (TPSA) is 73.9 Å². The van der Waals surface area contributed by atoms with Crippen LogP contribution in [0, 0.1) is 0 Å². The molecule has 0 aliphatic carbocycles. The highest BCUT2D eigenvalue weighted by Crippen LogP contribution is 2.40. The van der Waals surface area contributed by atoms with Gasteiger partial charge in [-0.05, 0) is 42.7 Å². The fraction of sp³-hybridized carbons (Fsp3) is 0.200. The molecule has 6 nitrogen and oxygen atoms in total. The number of dihydropyridines is 1. The molecule has 0 amide bonds. The highest BCUT2D eigenvalue weighted by atomic mass is 16.5. The van der Waals surface area contributed by atoms with Crippen molar-refractivity contribution in [2.75, 3.05) is 7.11 Å². The average molecular weight is 484 g/mol. The van der Waals surface area contributed by atoms with Crippen molar-refractivity contribution in [3.8, 4) is 5.75 Å². The lowest BCUT2D eigenvalue weighted by Gasteiger charge is -2.30. The van der Waals surface area contributed by atoms with Gasteiger partial charge >= 0.3 is 11.9 Å². The van der Waals surface area contributed by atoms with E-state index in [1.54, 1.807) is 7.11 Å². The van der Waals surface area contributed by atoms with Gasteiger partial charge in [-0.15, -0.1) is 0 Å². The molecule has 0 aromatic heterocycles. The van der Waals surface area contributed by atoms with E-state index in [0.29, 0.717) is 28.3 Å². The molecule has 0 spiro atoms. The molecule has 4 rings (SSSR count). The number of carbonyl (C=O) groups is 2. The van der Waals surface area contributed by atoms with Crippen molar-refractivity contribution in [2.24, 2.45) is 0 Å². The van der Waals surface area contributed by atoms with Crippen LogP contribution >= 0.6 is 0 Å². The molecule has 0 fully saturated rings. The molecule has 184 valence electrons. The van der Waals surface area contributed by atoms with Crippen molar-refractivity contribution in [1.29, 1.82) is 0 Å². The maximum atomic E-state index is 13.4. The lowest BCUT2D eigenvalue weighted by molar-refractivity contribution is -0.141. The summed E-state index contributed by atoms with van der Waals surface area (Å²) in [5.74, 6) is -0.977. The number of nitrogens with one attached hydrogen (secondary N) is 1. The van der Waals surface area contributed by atoms with Crippen molar-refractivity contribution in [1.82, 2.24) is 5.32 Å². The summed E-state index contributed by atoms with van der Waals surface area (Å²) >= 11 is 0. The maximum absolute atomic E-state index is 13.4. The van der Waals surface area contributed by atoms with Crippen molar-refractivity contribution in [2.45, 2.75) is 33.0 Å². The third-order valence-corrected chi connectivity index (χ3v) is 6.07. The first kappa shape index (κ1) is 24.8. The van der Waals surface area contributed by atoms with E-state index in [0.717, 1.165) is 16.7 Å². The van der Waals surface area contributed by atoms with Crippen LogP contribution in [0.4, 0.5) is 0 Å². The van der Waals surface area contributed by atoms with Gasteiger partial charge in [-0.2, -0.15) is 0 Å². The summed E-state index contributed by atoms with van der Waals surface area (Å²) in [6, 6.07) is 26.3. The molecule has 0 saturated heterocycles. The van der Waals surface area contributed by atoms with E-state index >= 15 is 0 Å². The van der Waals surface area contributed by atoms with Crippen molar-refractivity contribution in [3.05, 3.63) is 124 Å². The minimum atomic E-state index is -0.663. The molecule has 1 heterocycles. The highest BCUT2D eigenvalue weighted by molar-refractivity contribution is 5.99. The van der Waals surface area contributed by atoms with Crippen LogP contribution in [-0.4, -0.2) is 19.0 Å². The molecule has 0 unspecified atom stereocenters. The third-order valence-electron chi connectivity index (χ3n) is 6.07. The second-order valence-corrected chi connectivity index (χ2v) is 8.53. The van der Waals surface area contributed by atoms with E-state index < -0.39 is 17.9 Å². The van der Waals surface area contributed by atoms with Crippen LogP contribution in [0.3, 0.4) is 0 Å². The number of hydrogen-bond donors (Lipinski definition) is 1. The Balaban J connectivity index is 1.66. The first-order valence-electron chi connectivity index (χ1n) is 11.7. The van der Waals surface area contributed by atoms with Gasteiger partial charge in [0.15, 0.2) is 0 Å². The quantitative estimate of drug-likeness (QED) is 0.432. The monoisotopic (exact) mass is 483 g/mol. The Morgan fingerprint density at radius 2 is 1.14 bits per heavy atom. The molecule has 1 aliphatic heterocycles. The minimum absolute atomic E-state index is 0.127. The Morgan fingerprint density at radius 3 is 1.56 bits per heavy atom. The Bertz CT molecular complexity index is 1200. The molecular weight excluding hydrogens is 454 g/mol. The number of methoxy groups -OCH3 is 1. The lowest BCUT2D eigenvalue weighted by atomic mass is 9.80. The Morgan fingerprint density at radius 1 is 0.694 bits per heavy atom. The zero-order valence-electron chi connectivity index (χ0n) is 20.6. The summed E-state index contributed by atoms with van der Waals surface area (Å²) < 4.78 is 16.7. The van der Waals surface area contributed by atoms with E-state index in [-0.39, 0.29) is 13.2 Å². The van der Waals surface area contributed by atoms with Gasteiger partial charge in [0.25, 0.3) is 0 Å². The van der Waals surface area contributed by atoms with Gasteiger partial charge in [-0.3, -0.25) is 0 Å². The van der Waals surface area contributed by atoms with Gasteiger partial charge in [-0.1, -0.05) is 72.8 Å². The molecule has 6 heteroatoms. The number of allylic oxidation sites excluding steroid dienone is 2. The second kappa shape index (κ2) is 11.4. The van der Waals surface area contributed by atoms with Crippen LogP contribution in [0.15, 0.2) is 107 Å². The van der Waals surface area contributed by atoms with Crippen LogP contribution in [0.2, 0.25) is 0 Å². The van der Waals surface area contributed by atoms with Gasteiger partial charge in [-0.25, -0.2) is 9.59 Å². The lowest BCUT2D eigenvalue weighted by Crippen LogP contribution is -2.32. The Hall–Kier alpha value is -4.32. The molecule has 36 heavy (non-hydrogen) atoms. The predicted molar refractivity (Wildman–Crippen MR) is 137 cm³/mol. The molecule has 0 atom stereocenters. The van der Waals surface area contributed by atoms with E-state index in [1.165, 1.54) is 0 Å². The molecule has 0 radical (unpaired) electrons. The summed E-state index contributed by atoms with van der Waals surface area (Å²) in [5.41, 5.74) is 4.51.